The number of hydrogen-bond acceptors (Lipinski definition) is 2. The van der Waals surface area contributed by atoms with E-state index in [1.807, 2.05) is 18.2 Å². The molecule has 0 bridgehead atoms. The standard InChI is InChI=1S/C13H15BrClNO2/c14-9-4-5-11(15)12(7-9)16-10-3-1-2-8(6-10)13(17)18/h4-5,7-8,10,16H,1-3,6H2,(H,17,18). The van der Waals surface area contributed by atoms with E-state index >= 15 is 0 Å². The number of nitrogens with one attached hydrogen (secondary N) is 1. The van der Waals surface area contributed by atoms with Crippen molar-refractivity contribution in [3.63, 3.8) is 0 Å². The SMILES string of the molecule is O=C(O)C1CCCC(Nc2cc(Br)ccc2Cl)C1. The fraction of sp³-hybridized carbons (Fsp3) is 0.462. The Morgan fingerprint density at radius 3 is 2.94 bits per heavy atom. The van der Waals surface area contributed by atoms with Crippen LogP contribution in [0.1, 0.15) is 25.7 Å². The molecule has 1 aromatic rings. The van der Waals surface area contributed by atoms with Gasteiger partial charge in [-0.1, -0.05) is 34.0 Å². The Kier molecular flexibility index (Phi) is 4.51. The first-order chi connectivity index (χ1) is 8.56. The van der Waals surface area contributed by atoms with Gasteiger partial charge in [0.2, 0.25) is 0 Å². The Hall–Kier alpha value is -0.740. The van der Waals surface area contributed by atoms with E-state index < -0.39 is 5.97 Å². The fourth-order valence-electron chi connectivity index (χ4n) is 2.37. The van der Waals surface area contributed by atoms with Crippen LogP contribution in [0.5, 0.6) is 0 Å². The van der Waals surface area contributed by atoms with E-state index in [-0.39, 0.29) is 12.0 Å². The zero-order valence-electron chi connectivity index (χ0n) is 9.83. The summed E-state index contributed by atoms with van der Waals surface area (Å²) in [5, 5.41) is 13.1. The molecule has 98 valence electrons. The molecule has 2 rings (SSSR count). The average molecular weight is 333 g/mol. The molecule has 1 saturated carbocycles. The first-order valence-electron chi connectivity index (χ1n) is 6.00. The Balaban J connectivity index is 2.04. The molecule has 0 spiro atoms. The normalized spacial score (nSPS) is 23.7. The third kappa shape index (κ3) is 3.39. The van der Waals surface area contributed by atoms with Crippen LogP contribution in [0.15, 0.2) is 22.7 Å². The molecule has 0 saturated heterocycles. The second-order valence-corrected chi connectivity index (χ2v) is 5.99. The zero-order chi connectivity index (χ0) is 13.1. The molecular weight excluding hydrogens is 318 g/mol. The molecule has 0 aromatic heterocycles. The molecule has 2 N–H and O–H groups in total. The summed E-state index contributed by atoms with van der Waals surface area (Å²) in [7, 11) is 0. The maximum absolute atomic E-state index is 11.0. The number of aliphatic carboxylic acids is 1. The van der Waals surface area contributed by atoms with Crippen molar-refractivity contribution in [2.45, 2.75) is 31.7 Å². The number of carboxylic acids is 1. The molecule has 2 unspecified atom stereocenters. The number of halogens is 2. The lowest BCUT2D eigenvalue weighted by atomic mass is 9.85. The summed E-state index contributed by atoms with van der Waals surface area (Å²) in [5.74, 6) is -0.927. The highest BCUT2D eigenvalue weighted by atomic mass is 79.9. The Morgan fingerprint density at radius 2 is 2.22 bits per heavy atom. The van der Waals surface area contributed by atoms with Crippen LogP contribution in [0.4, 0.5) is 5.69 Å². The molecule has 0 aliphatic heterocycles. The molecule has 0 amide bonds. The van der Waals surface area contributed by atoms with E-state index in [0.29, 0.717) is 11.4 Å². The van der Waals surface area contributed by atoms with Crippen LogP contribution in [0, 0.1) is 5.92 Å². The number of hydrogen-bond donors (Lipinski definition) is 2. The van der Waals surface area contributed by atoms with Gasteiger partial charge in [0, 0.05) is 10.5 Å². The van der Waals surface area contributed by atoms with E-state index in [1.165, 1.54) is 0 Å². The van der Waals surface area contributed by atoms with E-state index in [4.69, 9.17) is 16.7 Å². The van der Waals surface area contributed by atoms with Crippen LogP contribution in [0.2, 0.25) is 5.02 Å². The maximum atomic E-state index is 11.0. The Morgan fingerprint density at radius 1 is 1.44 bits per heavy atom. The van der Waals surface area contributed by atoms with E-state index in [2.05, 4.69) is 21.2 Å². The molecule has 0 heterocycles. The van der Waals surface area contributed by atoms with Gasteiger partial charge in [-0.3, -0.25) is 4.79 Å². The van der Waals surface area contributed by atoms with Crippen LogP contribution in [0.3, 0.4) is 0 Å². The zero-order valence-corrected chi connectivity index (χ0v) is 12.2. The average Bonchev–Trinajstić information content (AvgIpc) is 2.34. The van der Waals surface area contributed by atoms with Crippen molar-refractivity contribution in [1.29, 1.82) is 0 Å². The predicted molar refractivity (Wildman–Crippen MR) is 76.2 cm³/mol. The van der Waals surface area contributed by atoms with Crippen molar-refractivity contribution in [3.8, 4) is 0 Å². The van der Waals surface area contributed by atoms with Crippen LogP contribution in [-0.2, 0) is 4.79 Å². The minimum Gasteiger partial charge on any atom is -0.481 e. The third-order valence-electron chi connectivity index (χ3n) is 3.31. The largest absolute Gasteiger partial charge is 0.481 e. The van der Waals surface area contributed by atoms with Crippen molar-refractivity contribution >= 4 is 39.2 Å². The van der Waals surface area contributed by atoms with Crippen LogP contribution in [0.25, 0.3) is 0 Å². The molecule has 1 fully saturated rings. The summed E-state index contributed by atoms with van der Waals surface area (Å²) in [6.07, 6.45) is 3.38. The summed E-state index contributed by atoms with van der Waals surface area (Å²) in [5.41, 5.74) is 0.863. The summed E-state index contributed by atoms with van der Waals surface area (Å²) in [4.78, 5) is 11.0. The van der Waals surface area contributed by atoms with Crippen molar-refractivity contribution in [2.75, 3.05) is 5.32 Å². The van der Waals surface area contributed by atoms with Gasteiger partial charge < -0.3 is 10.4 Å². The van der Waals surface area contributed by atoms with E-state index in [0.717, 1.165) is 29.4 Å². The van der Waals surface area contributed by atoms with Crippen LogP contribution in [-0.4, -0.2) is 17.1 Å². The molecular formula is C13H15BrClNO2. The number of anilines is 1. The van der Waals surface area contributed by atoms with Crippen molar-refractivity contribution in [1.82, 2.24) is 0 Å². The number of rotatable bonds is 3. The summed E-state index contributed by atoms with van der Waals surface area (Å²) in [6.45, 7) is 0. The second kappa shape index (κ2) is 5.93. The lowest BCUT2D eigenvalue weighted by Gasteiger charge is -2.28. The van der Waals surface area contributed by atoms with Gasteiger partial charge in [0.25, 0.3) is 0 Å². The second-order valence-electron chi connectivity index (χ2n) is 4.67. The van der Waals surface area contributed by atoms with Gasteiger partial charge in [-0.2, -0.15) is 0 Å². The van der Waals surface area contributed by atoms with Gasteiger partial charge >= 0.3 is 5.97 Å². The molecule has 18 heavy (non-hydrogen) atoms. The van der Waals surface area contributed by atoms with Gasteiger partial charge in [-0.15, -0.1) is 0 Å². The monoisotopic (exact) mass is 331 g/mol. The number of carbonyl (C=O) groups is 1. The van der Waals surface area contributed by atoms with Gasteiger partial charge in [0.05, 0.1) is 16.6 Å². The van der Waals surface area contributed by atoms with Crippen molar-refractivity contribution < 1.29 is 9.90 Å². The van der Waals surface area contributed by atoms with Gasteiger partial charge in [-0.05, 0) is 37.5 Å². The topological polar surface area (TPSA) is 49.3 Å². The molecule has 0 radical (unpaired) electrons. The van der Waals surface area contributed by atoms with Gasteiger partial charge in [-0.25, -0.2) is 0 Å². The maximum Gasteiger partial charge on any atom is 0.306 e. The predicted octanol–water partition coefficient (Wildman–Crippen LogP) is 4.16. The van der Waals surface area contributed by atoms with Crippen molar-refractivity contribution in [2.24, 2.45) is 5.92 Å². The summed E-state index contributed by atoms with van der Waals surface area (Å²) >= 11 is 9.52. The van der Waals surface area contributed by atoms with Crippen LogP contribution >= 0.6 is 27.5 Å². The minimum absolute atomic E-state index is 0.187. The lowest BCUT2D eigenvalue weighted by Crippen LogP contribution is -2.31. The minimum atomic E-state index is -0.693. The van der Waals surface area contributed by atoms with E-state index in [9.17, 15) is 4.79 Å². The number of carboxylic acid groups (broad SMARTS) is 1. The highest BCUT2D eigenvalue weighted by Crippen LogP contribution is 2.31. The lowest BCUT2D eigenvalue weighted by molar-refractivity contribution is -0.142. The number of benzene rings is 1. The molecule has 1 aliphatic rings. The molecule has 5 heteroatoms. The summed E-state index contributed by atoms with van der Waals surface area (Å²) in [6, 6.07) is 5.82. The van der Waals surface area contributed by atoms with Gasteiger partial charge in [0.15, 0.2) is 0 Å². The Bertz CT molecular complexity index is 453. The quantitative estimate of drug-likeness (QED) is 0.874. The molecule has 1 aliphatic carbocycles. The first kappa shape index (κ1) is 13.7. The molecule has 1 aromatic carbocycles. The molecule has 3 nitrogen and oxygen atoms in total. The highest BCUT2D eigenvalue weighted by molar-refractivity contribution is 9.10. The first-order valence-corrected chi connectivity index (χ1v) is 7.18. The third-order valence-corrected chi connectivity index (χ3v) is 4.13. The van der Waals surface area contributed by atoms with Gasteiger partial charge in [0.1, 0.15) is 0 Å². The molecule has 2 atom stereocenters. The fourth-order valence-corrected chi connectivity index (χ4v) is 2.91. The van der Waals surface area contributed by atoms with E-state index in [1.54, 1.807) is 0 Å². The highest BCUT2D eigenvalue weighted by Gasteiger charge is 2.27. The van der Waals surface area contributed by atoms with Crippen LogP contribution < -0.4 is 5.32 Å². The summed E-state index contributed by atoms with van der Waals surface area (Å²) < 4.78 is 0.958. The Labute approximate surface area is 120 Å². The smallest absolute Gasteiger partial charge is 0.306 e. The van der Waals surface area contributed by atoms with Crippen molar-refractivity contribution in [3.05, 3.63) is 27.7 Å².